The van der Waals surface area contributed by atoms with E-state index in [0.29, 0.717) is 28.7 Å². The second kappa shape index (κ2) is 9.32. The number of carbonyl (C=O) groups is 1. The fourth-order valence-electron chi connectivity index (χ4n) is 4.13. The summed E-state index contributed by atoms with van der Waals surface area (Å²) in [6.07, 6.45) is -0.681. The van der Waals surface area contributed by atoms with Crippen molar-refractivity contribution in [2.24, 2.45) is 0 Å². The molecule has 0 spiro atoms. The molecular weight excluding hydrogens is 422 g/mol. The monoisotopic (exact) mass is 449 g/mol. The summed E-state index contributed by atoms with van der Waals surface area (Å²) in [6, 6.07) is 18.4. The number of ether oxygens (including phenoxy) is 5. The third-order valence-corrected chi connectivity index (χ3v) is 5.74. The maximum atomic E-state index is 13.4. The number of rotatable bonds is 8. The van der Waals surface area contributed by atoms with Crippen LogP contribution in [0.1, 0.15) is 17.2 Å². The van der Waals surface area contributed by atoms with Crippen LogP contribution in [0.15, 0.2) is 60.7 Å². The molecule has 1 heterocycles. The lowest BCUT2D eigenvalue weighted by molar-refractivity contribution is -0.135. The maximum absolute atomic E-state index is 13.4. The second-order valence-electron chi connectivity index (χ2n) is 7.62. The van der Waals surface area contributed by atoms with Crippen LogP contribution in [-0.2, 0) is 4.79 Å². The Morgan fingerprint density at radius 1 is 0.758 bits per heavy atom. The fourth-order valence-corrected chi connectivity index (χ4v) is 4.13. The molecule has 0 radical (unpaired) electrons. The summed E-state index contributed by atoms with van der Waals surface area (Å²) < 4.78 is 28.0. The maximum Gasteiger partial charge on any atom is 0.271 e. The molecule has 0 saturated carbocycles. The van der Waals surface area contributed by atoms with Gasteiger partial charge in [0.25, 0.3) is 5.91 Å². The Kier molecular flexibility index (Phi) is 6.31. The van der Waals surface area contributed by atoms with Crippen molar-refractivity contribution in [3.63, 3.8) is 0 Å². The molecule has 33 heavy (non-hydrogen) atoms. The fraction of sp³-hybridized carbons (Fsp3) is 0.269. The molecule has 1 amide bonds. The third kappa shape index (κ3) is 4.02. The van der Waals surface area contributed by atoms with E-state index in [1.165, 1.54) is 0 Å². The number of hydrogen-bond acceptors (Lipinski definition) is 6. The van der Waals surface area contributed by atoms with E-state index in [1.54, 1.807) is 45.5 Å². The van der Waals surface area contributed by atoms with E-state index in [9.17, 15) is 4.79 Å². The van der Waals surface area contributed by atoms with Crippen molar-refractivity contribution < 1.29 is 28.5 Å². The number of anilines is 1. The van der Waals surface area contributed by atoms with Gasteiger partial charge in [-0.25, -0.2) is 0 Å². The number of benzene rings is 3. The first-order valence-electron chi connectivity index (χ1n) is 10.5. The minimum absolute atomic E-state index is 0.161. The van der Waals surface area contributed by atoms with Gasteiger partial charge in [0.2, 0.25) is 11.9 Å². The van der Waals surface area contributed by atoms with Gasteiger partial charge in [-0.3, -0.25) is 9.69 Å². The van der Waals surface area contributed by atoms with Gasteiger partial charge in [0.05, 0.1) is 34.1 Å². The number of methoxy groups -OCH3 is 4. The second-order valence-corrected chi connectivity index (χ2v) is 7.62. The van der Waals surface area contributed by atoms with Crippen LogP contribution < -0.4 is 28.6 Å². The summed E-state index contributed by atoms with van der Waals surface area (Å²) in [5.41, 5.74) is 2.53. The average molecular weight is 450 g/mol. The molecule has 1 aliphatic heterocycles. The minimum atomic E-state index is -0.681. The quantitative estimate of drug-likeness (QED) is 0.470. The van der Waals surface area contributed by atoms with Crippen LogP contribution >= 0.6 is 0 Å². The summed E-state index contributed by atoms with van der Waals surface area (Å²) in [5, 5.41) is 0. The van der Waals surface area contributed by atoms with Crippen molar-refractivity contribution in [2.45, 2.75) is 19.1 Å². The summed E-state index contributed by atoms with van der Waals surface area (Å²) in [6.45, 7) is 1.97. The zero-order chi connectivity index (χ0) is 23.5. The van der Waals surface area contributed by atoms with E-state index in [2.05, 4.69) is 0 Å². The Morgan fingerprint density at radius 3 is 1.94 bits per heavy atom. The third-order valence-electron chi connectivity index (χ3n) is 5.74. The number of amides is 1. The van der Waals surface area contributed by atoms with E-state index < -0.39 is 6.10 Å². The summed E-state index contributed by atoms with van der Waals surface area (Å²) >= 11 is 0. The Bertz CT molecular complexity index is 1120. The number of hydrogen-bond donors (Lipinski definition) is 0. The molecule has 0 bridgehead atoms. The van der Waals surface area contributed by atoms with E-state index in [1.807, 2.05) is 55.5 Å². The molecule has 1 aliphatic rings. The van der Waals surface area contributed by atoms with Crippen LogP contribution in [-0.4, -0.2) is 40.5 Å². The lowest BCUT2D eigenvalue weighted by atomic mass is 9.88. The predicted octanol–water partition coefficient (Wildman–Crippen LogP) is 4.56. The highest BCUT2D eigenvalue weighted by Gasteiger charge is 2.51. The van der Waals surface area contributed by atoms with E-state index in [4.69, 9.17) is 23.7 Å². The highest BCUT2D eigenvalue weighted by atomic mass is 16.5. The number of carbonyl (C=O) groups excluding carboxylic acids is 1. The molecule has 0 N–H and O–H groups in total. The molecule has 3 aromatic carbocycles. The normalized spacial score (nSPS) is 17.2. The first kappa shape index (κ1) is 22.3. The molecule has 2 atom stereocenters. The van der Waals surface area contributed by atoms with Gasteiger partial charge in [-0.05, 0) is 36.2 Å². The Morgan fingerprint density at radius 2 is 1.39 bits per heavy atom. The number of para-hydroxylation sites is 1. The predicted molar refractivity (Wildman–Crippen MR) is 125 cm³/mol. The summed E-state index contributed by atoms with van der Waals surface area (Å²) in [5.74, 6) is 2.66. The van der Waals surface area contributed by atoms with E-state index >= 15 is 0 Å². The van der Waals surface area contributed by atoms with Gasteiger partial charge in [-0.2, -0.15) is 0 Å². The molecule has 7 nitrogen and oxygen atoms in total. The first-order valence-corrected chi connectivity index (χ1v) is 10.5. The Balaban J connectivity index is 1.78. The zero-order valence-corrected chi connectivity index (χ0v) is 19.3. The Hall–Kier alpha value is -3.87. The average Bonchev–Trinajstić information content (AvgIpc) is 2.85. The first-order chi connectivity index (χ1) is 16.0. The van der Waals surface area contributed by atoms with Crippen molar-refractivity contribution >= 4 is 11.6 Å². The number of aryl methyl sites for hydroxylation is 1. The minimum Gasteiger partial charge on any atom is -0.496 e. The van der Waals surface area contributed by atoms with Crippen molar-refractivity contribution in [3.05, 3.63) is 71.8 Å². The highest BCUT2D eigenvalue weighted by molar-refractivity contribution is 6.05. The number of β-lactam (4-membered cyclic amide) rings is 1. The topological polar surface area (TPSA) is 66.5 Å². The van der Waals surface area contributed by atoms with Gasteiger partial charge in [-0.15, -0.1) is 0 Å². The van der Waals surface area contributed by atoms with Gasteiger partial charge in [0.15, 0.2) is 11.5 Å². The van der Waals surface area contributed by atoms with Crippen molar-refractivity contribution in [1.29, 1.82) is 0 Å². The SMILES string of the molecule is COc1ccc([C@H]2[C@H](Oc3ccccc3)C(=O)N2c2cc(OC)c(OC)c(OC)c2)cc1C. The van der Waals surface area contributed by atoms with Crippen LogP contribution in [0.25, 0.3) is 0 Å². The largest absolute Gasteiger partial charge is 0.496 e. The molecule has 0 aromatic heterocycles. The van der Waals surface area contributed by atoms with Gasteiger partial charge in [-0.1, -0.05) is 30.3 Å². The number of nitrogens with zero attached hydrogens (tertiary/aromatic N) is 1. The van der Waals surface area contributed by atoms with Crippen molar-refractivity contribution in [2.75, 3.05) is 33.3 Å². The van der Waals surface area contributed by atoms with Crippen molar-refractivity contribution in [1.82, 2.24) is 0 Å². The van der Waals surface area contributed by atoms with Crippen LogP contribution in [0.5, 0.6) is 28.7 Å². The van der Waals surface area contributed by atoms with Gasteiger partial charge in [0.1, 0.15) is 17.5 Å². The lowest BCUT2D eigenvalue weighted by Crippen LogP contribution is -2.61. The van der Waals surface area contributed by atoms with Crippen LogP contribution in [0.2, 0.25) is 0 Å². The van der Waals surface area contributed by atoms with Crippen LogP contribution in [0.4, 0.5) is 5.69 Å². The van der Waals surface area contributed by atoms with Gasteiger partial charge in [0, 0.05) is 12.1 Å². The molecule has 0 aliphatic carbocycles. The molecule has 1 saturated heterocycles. The standard InChI is InChI=1S/C26H27NO6/c1-16-13-17(11-12-20(16)29-2)23-25(33-19-9-7-6-8-10-19)26(28)27(23)18-14-21(30-3)24(32-5)22(15-18)31-4/h6-15,23,25H,1-5H3/t23-,25-/m0/s1. The molecule has 3 aromatic rings. The van der Waals surface area contributed by atoms with Crippen LogP contribution in [0, 0.1) is 6.92 Å². The van der Waals surface area contributed by atoms with Gasteiger partial charge < -0.3 is 23.7 Å². The summed E-state index contributed by atoms with van der Waals surface area (Å²) in [7, 11) is 6.27. The Labute approximate surface area is 193 Å². The van der Waals surface area contributed by atoms with Crippen molar-refractivity contribution in [3.8, 4) is 28.7 Å². The molecule has 1 fully saturated rings. The zero-order valence-electron chi connectivity index (χ0n) is 19.3. The smallest absolute Gasteiger partial charge is 0.271 e. The van der Waals surface area contributed by atoms with E-state index in [-0.39, 0.29) is 11.9 Å². The summed E-state index contributed by atoms with van der Waals surface area (Å²) in [4.78, 5) is 15.1. The molecule has 4 rings (SSSR count). The molecule has 0 unspecified atom stereocenters. The molecule has 172 valence electrons. The molecule has 7 heteroatoms. The molecular formula is C26H27NO6. The van der Waals surface area contributed by atoms with Gasteiger partial charge >= 0.3 is 0 Å². The van der Waals surface area contributed by atoms with E-state index in [0.717, 1.165) is 16.9 Å². The van der Waals surface area contributed by atoms with Crippen LogP contribution in [0.3, 0.4) is 0 Å². The lowest BCUT2D eigenvalue weighted by Gasteiger charge is -2.47. The highest BCUT2D eigenvalue weighted by Crippen LogP contribution is 2.47.